The molecule has 0 aromatic carbocycles. The Balaban J connectivity index is 2.37. The summed E-state index contributed by atoms with van der Waals surface area (Å²) in [6.45, 7) is 4.42. The Morgan fingerprint density at radius 2 is 1.92 bits per heavy atom. The van der Waals surface area contributed by atoms with Crippen LogP contribution in [-0.2, 0) is 5.41 Å². The van der Waals surface area contributed by atoms with Gasteiger partial charge in [0.05, 0.1) is 12.0 Å². The number of rotatable bonds is 2. The van der Waals surface area contributed by atoms with E-state index < -0.39 is 0 Å². The summed E-state index contributed by atoms with van der Waals surface area (Å²) in [6.07, 6.45) is 4.43. The molecule has 3 heteroatoms. The molecule has 0 spiro atoms. The van der Waals surface area contributed by atoms with E-state index in [-0.39, 0.29) is 17.4 Å². The van der Waals surface area contributed by atoms with Gasteiger partial charge in [-0.3, -0.25) is 0 Å². The zero-order valence-corrected chi connectivity index (χ0v) is 7.99. The van der Waals surface area contributed by atoms with Crippen LogP contribution in [0.4, 0.5) is 0 Å². The Labute approximate surface area is 77.8 Å². The minimum atomic E-state index is -0.186. The number of aliphatic hydroxyl groups is 1. The third-order valence-corrected chi connectivity index (χ3v) is 3.18. The highest BCUT2D eigenvalue weighted by molar-refractivity contribution is 5.27. The van der Waals surface area contributed by atoms with Gasteiger partial charge in [0.2, 0.25) is 0 Å². The zero-order chi connectivity index (χ0) is 9.53. The summed E-state index contributed by atoms with van der Waals surface area (Å²) >= 11 is 0. The Morgan fingerprint density at radius 1 is 1.38 bits per heavy atom. The Morgan fingerprint density at radius 3 is 2.31 bits per heavy atom. The summed E-state index contributed by atoms with van der Waals surface area (Å²) in [6, 6.07) is 1.80. The van der Waals surface area contributed by atoms with Gasteiger partial charge in [0.1, 0.15) is 5.82 Å². The average molecular weight is 178 g/mol. The predicted molar refractivity (Wildman–Crippen MR) is 49.2 cm³/mol. The topological polar surface area (TPSA) is 46.0 Å². The van der Waals surface area contributed by atoms with Crippen LogP contribution in [0, 0.1) is 5.41 Å². The number of hydrogen-bond donors (Lipinski definition) is 1. The van der Waals surface area contributed by atoms with Crippen LogP contribution in [0.3, 0.4) is 0 Å². The van der Waals surface area contributed by atoms with Crippen LogP contribution >= 0.6 is 0 Å². The van der Waals surface area contributed by atoms with E-state index in [1.165, 1.54) is 0 Å². The smallest absolute Gasteiger partial charge is 0.137 e. The summed E-state index contributed by atoms with van der Waals surface area (Å²) in [4.78, 5) is 8.42. The number of nitrogens with zero attached hydrogens (tertiary/aromatic N) is 2. The van der Waals surface area contributed by atoms with E-state index >= 15 is 0 Å². The second-order valence-electron chi connectivity index (χ2n) is 4.37. The molecule has 1 saturated carbocycles. The highest BCUT2D eigenvalue weighted by atomic mass is 16.3. The lowest BCUT2D eigenvalue weighted by Gasteiger charge is -2.15. The van der Waals surface area contributed by atoms with Crippen LogP contribution in [0.15, 0.2) is 18.5 Å². The van der Waals surface area contributed by atoms with E-state index in [0.29, 0.717) is 0 Å². The molecule has 1 atom stereocenters. The maximum Gasteiger partial charge on any atom is 0.137 e. The fourth-order valence-electron chi connectivity index (χ4n) is 1.98. The van der Waals surface area contributed by atoms with Gasteiger partial charge in [0.25, 0.3) is 0 Å². The molecular formula is C10H14N2O. The lowest BCUT2D eigenvalue weighted by Crippen LogP contribution is -2.22. The molecule has 1 N–H and O–H groups in total. The van der Waals surface area contributed by atoms with E-state index in [1.807, 2.05) is 0 Å². The first-order chi connectivity index (χ1) is 6.12. The lowest BCUT2D eigenvalue weighted by atomic mass is 9.96. The van der Waals surface area contributed by atoms with Crippen molar-refractivity contribution in [2.45, 2.75) is 25.7 Å². The molecule has 0 saturated heterocycles. The Bertz CT molecular complexity index is 310. The Hall–Kier alpha value is -0.960. The molecule has 1 aromatic rings. The summed E-state index contributed by atoms with van der Waals surface area (Å²) in [5, 5.41) is 9.37. The molecule has 1 heterocycles. The largest absolute Gasteiger partial charge is 0.395 e. The minimum Gasteiger partial charge on any atom is -0.395 e. The molecule has 1 aliphatic carbocycles. The van der Waals surface area contributed by atoms with Crippen LogP contribution in [-0.4, -0.2) is 21.7 Å². The van der Waals surface area contributed by atoms with Crippen LogP contribution in [0.2, 0.25) is 0 Å². The monoisotopic (exact) mass is 178 g/mol. The van der Waals surface area contributed by atoms with Crippen LogP contribution < -0.4 is 0 Å². The van der Waals surface area contributed by atoms with Gasteiger partial charge >= 0.3 is 0 Å². The number of hydrogen-bond acceptors (Lipinski definition) is 3. The molecular weight excluding hydrogens is 164 g/mol. The van der Waals surface area contributed by atoms with Crippen LogP contribution in [0.5, 0.6) is 0 Å². The molecule has 0 aliphatic heterocycles. The summed E-state index contributed by atoms with van der Waals surface area (Å²) in [7, 11) is 0. The first-order valence-electron chi connectivity index (χ1n) is 4.51. The van der Waals surface area contributed by atoms with Crippen molar-refractivity contribution in [3.05, 3.63) is 24.3 Å². The van der Waals surface area contributed by atoms with Gasteiger partial charge < -0.3 is 5.11 Å². The van der Waals surface area contributed by atoms with Crippen molar-refractivity contribution in [2.75, 3.05) is 6.61 Å². The van der Waals surface area contributed by atoms with Crippen molar-refractivity contribution in [2.24, 2.45) is 5.41 Å². The quantitative estimate of drug-likeness (QED) is 0.738. The van der Waals surface area contributed by atoms with E-state index in [9.17, 15) is 5.11 Å². The maximum absolute atomic E-state index is 9.37. The van der Waals surface area contributed by atoms with Crippen molar-refractivity contribution < 1.29 is 5.11 Å². The maximum atomic E-state index is 9.37. The van der Waals surface area contributed by atoms with Gasteiger partial charge in [-0.2, -0.15) is 0 Å². The van der Waals surface area contributed by atoms with E-state index in [2.05, 4.69) is 23.8 Å². The molecule has 0 amide bonds. The first-order valence-corrected chi connectivity index (χ1v) is 4.51. The third kappa shape index (κ3) is 1.07. The fourth-order valence-corrected chi connectivity index (χ4v) is 1.98. The molecule has 1 aromatic heterocycles. The van der Waals surface area contributed by atoms with Gasteiger partial charge in [-0.15, -0.1) is 0 Å². The molecule has 13 heavy (non-hydrogen) atoms. The second-order valence-corrected chi connectivity index (χ2v) is 4.37. The normalized spacial score (nSPS) is 30.1. The van der Waals surface area contributed by atoms with Crippen LogP contribution in [0.1, 0.15) is 26.1 Å². The van der Waals surface area contributed by atoms with E-state index in [0.717, 1.165) is 12.2 Å². The SMILES string of the molecule is CC1(C)CC1(CO)c1ncccn1. The van der Waals surface area contributed by atoms with Gasteiger partial charge in [-0.1, -0.05) is 13.8 Å². The highest BCUT2D eigenvalue weighted by Crippen LogP contribution is 2.62. The second kappa shape index (κ2) is 2.51. The average Bonchev–Trinajstić information content (AvgIpc) is 2.72. The van der Waals surface area contributed by atoms with E-state index in [1.54, 1.807) is 18.5 Å². The molecule has 2 rings (SSSR count). The number of aromatic nitrogens is 2. The van der Waals surface area contributed by atoms with Crippen LogP contribution in [0.25, 0.3) is 0 Å². The molecule has 70 valence electrons. The molecule has 1 fully saturated rings. The minimum absolute atomic E-state index is 0.142. The van der Waals surface area contributed by atoms with Gasteiger partial charge in [-0.05, 0) is 17.9 Å². The molecule has 1 unspecified atom stereocenters. The standard InChI is InChI=1S/C10H14N2O/c1-9(2)6-10(9,7-13)8-11-4-3-5-12-8/h3-5,13H,6-7H2,1-2H3. The summed E-state index contributed by atoms with van der Waals surface area (Å²) in [5.41, 5.74) is -0.0443. The van der Waals surface area contributed by atoms with Crippen molar-refractivity contribution in [1.29, 1.82) is 0 Å². The molecule has 0 bridgehead atoms. The van der Waals surface area contributed by atoms with Crippen molar-refractivity contribution in [3.8, 4) is 0 Å². The predicted octanol–water partition coefficient (Wildman–Crippen LogP) is 1.14. The van der Waals surface area contributed by atoms with Gasteiger partial charge in [-0.25, -0.2) is 9.97 Å². The lowest BCUT2D eigenvalue weighted by molar-refractivity contribution is 0.225. The first kappa shape index (κ1) is 8.63. The number of aliphatic hydroxyl groups excluding tert-OH is 1. The Kier molecular flexibility index (Phi) is 1.67. The van der Waals surface area contributed by atoms with Gasteiger partial charge in [0.15, 0.2) is 0 Å². The zero-order valence-electron chi connectivity index (χ0n) is 7.99. The highest BCUT2D eigenvalue weighted by Gasteiger charge is 2.63. The molecule has 0 radical (unpaired) electrons. The van der Waals surface area contributed by atoms with Gasteiger partial charge in [0, 0.05) is 12.4 Å². The molecule has 1 aliphatic rings. The van der Waals surface area contributed by atoms with E-state index in [4.69, 9.17) is 0 Å². The van der Waals surface area contributed by atoms with Crippen molar-refractivity contribution in [1.82, 2.24) is 9.97 Å². The third-order valence-electron chi connectivity index (χ3n) is 3.18. The molecule has 3 nitrogen and oxygen atoms in total. The fraction of sp³-hybridized carbons (Fsp3) is 0.600. The van der Waals surface area contributed by atoms with Crippen molar-refractivity contribution >= 4 is 0 Å². The van der Waals surface area contributed by atoms with Crippen molar-refractivity contribution in [3.63, 3.8) is 0 Å². The summed E-state index contributed by atoms with van der Waals surface area (Å²) < 4.78 is 0. The summed E-state index contributed by atoms with van der Waals surface area (Å²) in [5.74, 6) is 0.780.